The van der Waals surface area contributed by atoms with E-state index in [2.05, 4.69) is 0 Å². The van der Waals surface area contributed by atoms with Crippen LogP contribution in [0.1, 0.15) is 13.3 Å². The lowest BCUT2D eigenvalue weighted by Gasteiger charge is -1.99. The minimum Gasteiger partial charge on any atom is -0.481 e. The Morgan fingerprint density at radius 1 is 1.82 bits per heavy atom. The van der Waals surface area contributed by atoms with Gasteiger partial charge in [0.15, 0.2) is 0 Å². The van der Waals surface area contributed by atoms with Gasteiger partial charge in [0.25, 0.3) is 0 Å². The van der Waals surface area contributed by atoms with Gasteiger partial charge < -0.3 is 10.8 Å². The molecule has 0 aromatic heterocycles. The number of hydrogen-bond donors (Lipinski definition) is 3. The molecule has 11 heavy (non-hydrogen) atoms. The van der Waals surface area contributed by atoms with Crippen molar-refractivity contribution in [2.45, 2.75) is 13.3 Å². The van der Waals surface area contributed by atoms with E-state index in [0.29, 0.717) is 6.42 Å². The Labute approximate surface area is 65.2 Å². The Hall–Kier alpha value is -1.32. The van der Waals surface area contributed by atoms with Gasteiger partial charge in [-0.05, 0) is 12.5 Å². The number of amidine groups is 1. The van der Waals surface area contributed by atoms with Gasteiger partial charge in [0.05, 0.1) is 5.92 Å². The van der Waals surface area contributed by atoms with Crippen LogP contribution in [0.15, 0.2) is 12.2 Å². The maximum absolute atomic E-state index is 10.3. The Morgan fingerprint density at radius 2 is 2.36 bits per heavy atom. The van der Waals surface area contributed by atoms with Crippen molar-refractivity contribution >= 4 is 11.8 Å². The highest BCUT2D eigenvalue weighted by atomic mass is 16.4. The average Bonchev–Trinajstić information content (AvgIpc) is 1.86. The molecule has 0 heterocycles. The molecular weight excluding hydrogens is 144 g/mol. The zero-order chi connectivity index (χ0) is 8.85. The number of allylic oxidation sites excluding steroid dienone is 1. The fourth-order valence-corrected chi connectivity index (χ4v) is 0.500. The first-order valence-electron chi connectivity index (χ1n) is 3.27. The first-order valence-corrected chi connectivity index (χ1v) is 3.27. The smallest absolute Gasteiger partial charge is 0.306 e. The van der Waals surface area contributed by atoms with E-state index in [1.54, 1.807) is 13.0 Å². The molecule has 0 aromatic carbocycles. The number of hydrogen-bond acceptors (Lipinski definition) is 2. The molecule has 62 valence electrons. The molecule has 0 fully saturated rings. The van der Waals surface area contributed by atoms with Crippen molar-refractivity contribution in [3.05, 3.63) is 12.2 Å². The summed E-state index contributed by atoms with van der Waals surface area (Å²) in [6, 6.07) is 0. The first kappa shape index (κ1) is 9.68. The van der Waals surface area contributed by atoms with Gasteiger partial charge in [-0.25, -0.2) is 0 Å². The molecule has 0 bridgehead atoms. The van der Waals surface area contributed by atoms with E-state index >= 15 is 0 Å². The summed E-state index contributed by atoms with van der Waals surface area (Å²) < 4.78 is 0. The van der Waals surface area contributed by atoms with Crippen molar-refractivity contribution in [1.82, 2.24) is 0 Å². The van der Waals surface area contributed by atoms with E-state index in [1.165, 1.54) is 6.08 Å². The molecule has 0 aliphatic heterocycles. The van der Waals surface area contributed by atoms with Crippen molar-refractivity contribution in [1.29, 1.82) is 5.41 Å². The van der Waals surface area contributed by atoms with Crippen LogP contribution in [0.2, 0.25) is 0 Å². The first-order chi connectivity index (χ1) is 5.04. The van der Waals surface area contributed by atoms with Crippen LogP contribution in [0.4, 0.5) is 0 Å². The quantitative estimate of drug-likeness (QED) is 0.411. The minimum absolute atomic E-state index is 0.0532. The second-order valence-electron chi connectivity index (χ2n) is 2.33. The predicted octanol–water partition coefficient (Wildman–Crippen LogP) is 0.589. The summed E-state index contributed by atoms with van der Waals surface area (Å²) >= 11 is 0. The van der Waals surface area contributed by atoms with E-state index in [1.807, 2.05) is 0 Å². The lowest BCUT2D eigenvalue weighted by Crippen LogP contribution is -2.09. The van der Waals surface area contributed by atoms with Crippen LogP contribution in [0.25, 0.3) is 0 Å². The number of carboxylic acid groups (broad SMARTS) is 1. The summed E-state index contributed by atoms with van der Waals surface area (Å²) in [6.07, 6.45) is 3.38. The topological polar surface area (TPSA) is 87.2 Å². The third-order valence-electron chi connectivity index (χ3n) is 1.21. The lowest BCUT2D eigenvalue weighted by molar-refractivity contribution is -0.140. The van der Waals surface area contributed by atoms with Crippen LogP contribution in [0, 0.1) is 11.3 Å². The van der Waals surface area contributed by atoms with Gasteiger partial charge in [0, 0.05) is 0 Å². The Morgan fingerprint density at radius 3 is 2.73 bits per heavy atom. The molecule has 1 atom stereocenters. The lowest BCUT2D eigenvalue weighted by atomic mass is 10.1. The van der Waals surface area contributed by atoms with Crippen LogP contribution < -0.4 is 5.73 Å². The van der Waals surface area contributed by atoms with Crippen LogP contribution in [-0.2, 0) is 4.79 Å². The molecule has 4 nitrogen and oxygen atoms in total. The minimum atomic E-state index is -0.835. The van der Waals surface area contributed by atoms with E-state index in [4.69, 9.17) is 16.2 Å². The van der Waals surface area contributed by atoms with Gasteiger partial charge in [-0.15, -0.1) is 0 Å². The monoisotopic (exact) mass is 156 g/mol. The van der Waals surface area contributed by atoms with E-state index < -0.39 is 11.9 Å². The fourth-order valence-electron chi connectivity index (χ4n) is 0.500. The van der Waals surface area contributed by atoms with Crippen LogP contribution in [0.5, 0.6) is 0 Å². The van der Waals surface area contributed by atoms with Gasteiger partial charge in [-0.3, -0.25) is 10.2 Å². The third kappa shape index (κ3) is 5.14. The van der Waals surface area contributed by atoms with Gasteiger partial charge in [0.1, 0.15) is 5.84 Å². The summed E-state index contributed by atoms with van der Waals surface area (Å²) in [7, 11) is 0. The molecule has 0 rings (SSSR count). The van der Waals surface area contributed by atoms with Crippen LogP contribution in [-0.4, -0.2) is 16.9 Å². The SMILES string of the molecule is CC(CC=CC(=N)N)C(=O)O. The predicted molar refractivity (Wildman–Crippen MR) is 42.5 cm³/mol. The van der Waals surface area contributed by atoms with E-state index in [0.717, 1.165) is 0 Å². The highest BCUT2D eigenvalue weighted by Gasteiger charge is 2.07. The maximum atomic E-state index is 10.3. The second kappa shape index (κ2) is 4.49. The molecule has 0 aromatic rings. The summed E-state index contributed by atoms with van der Waals surface area (Å²) in [5.41, 5.74) is 5.00. The normalized spacial score (nSPS) is 13.2. The molecule has 0 radical (unpaired) electrons. The summed E-state index contributed by atoms with van der Waals surface area (Å²) in [4.78, 5) is 10.3. The summed E-state index contributed by atoms with van der Waals surface area (Å²) in [6.45, 7) is 1.60. The molecule has 1 unspecified atom stereocenters. The Bertz CT molecular complexity index is 187. The highest BCUT2D eigenvalue weighted by molar-refractivity contribution is 5.88. The fraction of sp³-hybridized carbons (Fsp3) is 0.429. The Balaban J connectivity index is 3.70. The van der Waals surface area contributed by atoms with Gasteiger partial charge in [-0.2, -0.15) is 0 Å². The van der Waals surface area contributed by atoms with Crippen LogP contribution >= 0.6 is 0 Å². The number of aliphatic carboxylic acids is 1. The molecule has 4 heteroatoms. The Kier molecular flexibility index (Phi) is 3.95. The zero-order valence-corrected chi connectivity index (χ0v) is 6.37. The average molecular weight is 156 g/mol. The molecule has 0 saturated heterocycles. The van der Waals surface area contributed by atoms with Crippen LogP contribution in [0.3, 0.4) is 0 Å². The molecule has 4 N–H and O–H groups in total. The summed E-state index contributed by atoms with van der Waals surface area (Å²) in [5, 5.41) is 15.2. The van der Waals surface area contributed by atoms with Gasteiger partial charge >= 0.3 is 5.97 Å². The van der Waals surface area contributed by atoms with E-state index in [-0.39, 0.29) is 5.84 Å². The molecule has 0 amide bonds. The third-order valence-corrected chi connectivity index (χ3v) is 1.21. The van der Waals surface area contributed by atoms with Crippen molar-refractivity contribution < 1.29 is 9.90 Å². The number of nitrogens with two attached hydrogens (primary N) is 1. The molecule has 0 spiro atoms. The van der Waals surface area contributed by atoms with Gasteiger partial charge in [-0.1, -0.05) is 13.0 Å². The number of rotatable bonds is 4. The summed E-state index contributed by atoms with van der Waals surface area (Å²) in [5.74, 6) is -1.30. The van der Waals surface area contributed by atoms with E-state index in [9.17, 15) is 4.79 Å². The maximum Gasteiger partial charge on any atom is 0.306 e. The highest BCUT2D eigenvalue weighted by Crippen LogP contribution is 2.01. The number of carboxylic acids is 1. The van der Waals surface area contributed by atoms with Crippen molar-refractivity contribution in [3.8, 4) is 0 Å². The zero-order valence-electron chi connectivity index (χ0n) is 6.37. The molecular formula is C7H12N2O2. The van der Waals surface area contributed by atoms with Crippen molar-refractivity contribution in [2.24, 2.45) is 11.7 Å². The number of carbonyl (C=O) groups is 1. The standard InChI is InChI=1S/C7H12N2O2/c1-5(7(10)11)3-2-4-6(8)9/h2,4-5H,3H2,1H3,(H3,8,9)(H,10,11). The number of nitrogens with one attached hydrogen (secondary N) is 1. The molecule has 0 aliphatic rings. The largest absolute Gasteiger partial charge is 0.481 e. The second-order valence-corrected chi connectivity index (χ2v) is 2.33. The van der Waals surface area contributed by atoms with Crippen molar-refractivity contribution in [2.75, 3.05) is 0 Å². The van der Waals surface area contributed by atoms with Crippen molar-refractivity contribution in [3.63, 3.8) is 0 Å². The molecule has 0 aliphatic carbocycles. The van der Waals surface area contributed by atoms with Gasteiger partial charge in [0.2, 0.25) is 0 Å². The molecule has 0 saturated carbocycles.